The summed E-state index contributed by atoms with van der Waals surface area (Å²) in [5.41, 5.74) is 3.54. The molecule has 0 aliphatic heterocycles. The molecule has 0 amide bonds. The van der Waals surface area contributed by atoms with Gasteiger partial charge in [-0.15, -0.1) is 0 Å². The zero-order chi connectivity index (χ0) is 26.2. The summed E-state index contributed by atoms with van der Waals surface area (Å²) in [6.07, 6.45) is 0. The Bertz CT molecular complexity index is 1800. The van der Waals surface area contributed by atoms with Crippen molar-refractivity contribution in [3.05, 3.63) is 163 Å². The summed E-state index contributed by atoms with van der Waals surface area (Å²) in [6.45, 7) is 0. The van der Waals surface area contributed by atoms with E-state index in [2.05, 4.69) is 162 Å². The van der Waals surface area contributed by atoms with Gasteiger partial charge in [-0.1, -0.05) is 139 Å². The first-order chi connectivity index (χ1) is 19.3. The summed E-state index contributed by atoms with van der Waals surface area (Å²) in [4.78, 5) is 0. The largest absolute Gasteiger partial charge is 0.309 e. The number of halogens is 1. The number of aromatic nitrogens is 1. The van der Waals surface area contributed by atoms with Gasteiger partial charge in [0, 0.05) is 21.5 Å². The zero-order valence-electron chi connectivity index (χ0n) is 21.3. The Hall–Kier alpha value is -4.37. The van der Waals surface area contributed by atoms with Crippen LogP contribution in [0.2, 0.25) is 5.02 Å². The van der Waals surface area contributed by atoms with E-state index in [1.165, 1.54) is 42.6 Å². The molecule has 3 heteroatoms. The molecule has 0 atom stereocenters. The molecule has 7 aromatic rings. The van der Waals surface area contributed by atoms with Gasteiger partial charge in [-0.2, -0.15) is 0 Å². The predicted octanol–water partition coefficient (Wildman–Crippen LogP) is 6.81. The van der Waals surface area contributed by atoms with Gasteiger partial charge in [-0.3, -0.25) is 0 Å². The summed E-state index contributed by atoms with van der Waals surface area (Å²) in [7, 11) is -2.83. The van der Waals surface area contributed by atoms with Crippen LogP contribution < -0.4 is 20.7 Å². The van der Waals surface area contributed by atoms with Crippen LogP contribution in [0.3, 0.4) is 0 Å². The molecule has 0 N–H and O–H groups in total. The molecule has 0 aliphatic carbocycles. The molecule has 0 unspecified atom stereocenters. The third-order valence-electron chi connectivity index (χ3n) is 7.77. The lowest BCUT2D eigenvalue weighted by Crippen LogP contribution is -2.75. The molecule has 0 radical (unpaired) electrons. The van der Waals surface area contributed by atoms with Crippen molar-refractivity contribution in [3.63, 3.8) is 0 Å². The van der Waals surface area contributed by atoms with Crippen molar-refractivity contribution in [2.24, 2.45) is 0 Å². The summed E-state index contributed by atoms with van der Waals surface area (Å²) in [6, 6.07) is 56.8. The van der Waals surface area contributed by atoms with E-state index in [9.17, 15) is 0 Å². The first-order valence-corrected chi connectivity index (χ1v) is 15.6. The Morgan fingerprint density at radius 1 is 0.462 bits per heavy atom. The van der Waals surface area contributed by atoms with Crippen LogP contribution >= 0.6 is 11.6 Å². The summed E-state index contributed by atoms with van der Waals surface area (Å²) < 4.78 is 2.44. The van der Waals surface area contributed by atoms with Crippen molar-refractivity contribution in [3.8, 4) is 5.69 Å². The van der Waals surface area contributed by atoms with E-state index in [0.29, 0.717) is 0 Å². The fourth-order valence-electron chi connectivity index (χ4n) is 6.22. The normalized spacial score (nSPS) is 11.7. The maximum absolute atomic E-state index is 7.06. The zero-order valence-corrected chi connectivity index (χ0v) is 23.1. The van der Waals surface area contributed by atoms with E-state index in [-0.39, 0.29) is 0 Å². The van der Waals surface area contributed by atoms with Crippen molar-refractivity contribution in [1.29, 1.82) is 0 Å². The highest BCUT2D eigenvalue weighted by atomic mass is 35.5. The third-order valence-corrected chi connectivity index (χ3v) is 12.8. The van der Waals surface area contributed by atoms with Crippen LogP contribution in [0.1, 0.15) is 0 Å². The summed E-state index contributed by atoms with van der Waals surface area (Å²) >= 11 is 7.06. The molecule has 0 saturated carbocycles. The van der Waals surface area contributed by atoms with E-state index in [0.717, 1.165) is 10.7 Å². The van der Waals surface area contributed by atoms with Crippen molar-refractivity contribution >= 4 is 62.2 Å². The molecule has 0 bridgehead atoms. The molecular formula is C36H26ClNSi. The quantitative estimate of drug-likeness (QED) is 0.168. The van der Waals surface area contributed by atoms with Gasteiger partial charge >= 0.3 is 0 Å². The molecule has 7 rings (SSSR count). The maximum Gasteiger partial charge on any atom is 0.181 e. The lowest BCUT2D eigenvalue weighted by Gasteiger charge is -2.35. The van der Waals surface area contributed by atoms with Crippen LogP contribution in [0.4, 0.5) is 0 Å². The van der Waals surface area contributed by atoms with Crippen LogP contribution in [-0.2, 0) is 0 Å². The second-order valence-corrected chi connectivity index (χ2v) is 14.1. The molecule has 0 saturated heterocycles. The van der Waals surface area contributed by atoms with Gasteiger partial charge in [0.05, 0.1) is 11.0 Å². The van der Waals surface area contributed by atoms with Gasteiger partial charge in [0.2, 0.25) is 0 Å². The number of rotatable bonds is 5. The van der Waals surface area contributed by atoms with Crippen molar-refractivity contribution in [2.45, 2.75) is 0 Å². The number of hydrogen-bond acceptors (Lipinski definition) is 0. The van der Waals surface area contributed by atoms with E-state index in [4.69, 9.17) is 11.6 Å². The van der Waals surface area contributed by atoms with Crippen LogP contribution in [0.15, 0.2) is 158 Å². The molecule has 1 aromatic heterocycles. The summed E-state index contributed by atoms with van der Waals surface area (Å²) in [5, 5.41) is 8.41. The van der Waals surface area contributed by atoms with Crippen molar-refractivity contribution < 1.29 is 0 Å². The smallest absolute Gasteiger partial charge is 0.181 e. The van der Waals surface area contributed by atoms with Gasteiger partial charge in [-0.25, -0.2) is 0 Å². The monoisotopic (exact) mass is 535 g/mol. The van der Waals surface area contributed by atoms with Gasteiger partial charge in [0.15, 0.2) is 8.07 Å². The first kappa shape index (κ1) is 23.7. The SMILES string of the molecule is Clc1cc([Si](c2ccccc2)(c2ccccc2)c2ccccc2)c2c(c1)c1ccccc1n2-c1ccccc1. The lowest BCUT2D eigenvalue weighted by molar-refractivity contribution is 1.18. The Morgan fingerprint density at radius 2 is 0.923 bits per heavy atom. The van der Waals surface area contributed by atoms with Crippen LogP contribution in [0.25, 0.3) is 27.5 Å². The highest BCUT2D eigenvalue weighted by molar-refractivity contribution is 7.20. The number of benzene rings is 6. The van der Waals surface area contributed by atoms with Crippen LogP contribution in [0.5, 0.6) is 0 Å². The Balaban J connectivity index is 1.76. The minimum atomic E-state index is -2.83. The van der Waals surface area contributed by atoms with E-state index >= 15 is 0 Å². The number of hydrogen-bond donors (Lipinski definition) is 0. The molecule has 1 heterocycles. The van der Waals surface area contributed by atoms with Crippen LogP contribution in [-0.4, -0.2) is 12.6 Å². The second kappa shape index (κ2) is 9.74. The molecule has 1 nitrogen and oxygen atoms in total. The second-order valence-electron chi connectivity index (χ2n) is 9.89. The van der Waals surface area contributed by atoms with E-state index in [1.54, 1.807) is 0 Å². The van der Waals surface area contributed by atoms with Crippen LogP contribution in [0, 0.1) is 0 Å². The highest BCUT2D eigenvalue weighted by Gasteiger charge is 2.43. The Labute approximate surface area is 234 Å². The minimum absolute atomic E-state index is 0.758. The molecule has 0 fully saturated rings. The topological polar surface area (TPSA) is 4.93 Å². The van der Waals surface area contributed by atoms with Gasteiger partial charge in [0.1, 0.15) is 0 Å². The Morgan fingerprint density at radius 3 is 1.46 bits per heavy atom. The third kappa shape index (κ3) is 3.76. The standard InChI is InChI=1S/C36H26ClNSi/c37-27-25-33-32-23-13-14-24-34(32)38(28-15-5-1-6-16-28)36(33)35(26-27)39(29-17-7-2-8-18-29,30-19-9-3-10-20-30)31-21-11-4-12-22-31/h1-26H. The minimum Gasteiger partial charge on any atom is -0.309 e. The molecular weight excluding hydrogens is 510 g/mol. The van der Waals surface area contributed by atoms with Gasteiger partial charge in [-0.05, 0) is 51.1 Å². The molecule has 6 aromatic carbocycles. The molecule has 39 heavy (non-hydrogen) atoms. The molecule has 186 valence electrons. The molecule has 0 aliphatic rings. The maximum atomic E-state index is 7.06. The number of fused-ring (bicyclic) bond motifs is 3. The first-order valence-electron chi connectivity index (χ1n) is 13.2. The number of nitrogens with zero attached hydrogens (tertiary/aromatic N) is 1. The van der Waals surface area contributed by atoms with Crippen molar-refractivity contribution in [1.82, 2.24) is 4.57 Å². The fourth-order valence-corrected chi connectivity index (χ4v) is 11.5. The average molecular weight is 536 g/mol. The van der Waals surface area contributed by atoms with Gasteiger partial charge in [0.25, 0.3) is 0 Å². The molecule has 0 spiro atoms. The van der Waals surface area contributed by atoms with Gasteiger partial charge < -0.3 is 4.57 Å². The van der Waals surface area contributed by atoms with E-state index in [1.807, 2.05) is 0 Å². The fraction of sp³-hybridized carbons (Fsp3) is 0. The highest BCUT2D eigenvalue weighted by Crippen LogP contribution is 2.34. The summed E-state index contributed by atoms with van der Waals surface area (Å²) in [5.74, 6) is 0. The van der Waals surface area contributed by atoms with Crippen molar-refractivity contribution in [2.75, 3.05) is 0 Å². The average Bonchev–Trinajstić information content (AvgIpc) is 3.34. The Kier molecular flexibility index (Phi) is 5.92. The predicted molar refractivity (Wildman–Crippen MR) is 169 cm³/mol. The number of para-hydroxylation sites is 2. The van der Waals surface area contributed by atoms with E-state index < -0.39 is 8.07 Å². The lowest BCUT2D eigenvalue weighted by atomic mass is 10.1.